The molecule has 0 unspecified atom stereocenters. The molecule has 0 spiro atoms. The van der Waals surface area contributed by atoms with Gasteiger partial charge in [-0.15, -0.1) is 11.8 Å². The van der Waals surface area contributed by atoms with E-state index in [4.69, 9.17) is 16.3 Å². The summed E-state index contributed by atoms with van der Waals surface area (Å²) in [7, 11) is 0. The Morgan fingerprint density at radius 1 is 1.17 bits per heavy atom. The first kappa shape index (κ1) is 22.6. The molecule has 0 aliphatic heterocycles. The van der Waals surface area contributed by atoms with Crippen molar-refractivity contribution in [3.63, 3.8) is 0 Å². The minimum atomic E-state index is -0.567. The van der Waals surface area contributed by atoms with E-state index < -0.39 is 22.3 Å². The highest BCUT2D eigenvalue weighted by atomic mass is 35.5. The van der Waals surface area contributed by atoms with E-state index >= 15 is 0 Å². The van der Waals surface area contributed by atoms with Gasteiger partial charge in [0.2, 0.25) is 0 Å². The summed E-state index contributed by atoms with van der Waals surface area (Å²) in [5.41, 5.74) is 1.93. The van der Waals surface area contributed by atoms with Gasteiger partial charge < -0.3 is 10.1 Å². The Balaban J connectivity index is 1.82. The molecule has 0 bridgehead atoms. The summed E-state index contributed by atoms with van der Waals surface area (Å²) in [6.07, 6.45) is 3.15. The number of nitrogens with one attached hydrogen (secondary N) is 1. The van der Waals surface area contributed by atoms with Crippen LogP contribution in [-0.2, 0) is 4.74 Å². The molecule has 7 heteroatoms. The van der Waals surface area contributed by atoms with Crippen LogP contribution in [0.3, 0.4) is 0 Å². The summed E-state index contributed by atoms with van der Waals surface area (Å²) in [4.78, 5) is 13.0. The zero-order valence-corrected chi connectivity index (χ0v) is 18.7. The molecule has 1 amide bonds. The molecule has 1 fully saturated rings. The molecule has 1 saturated carbocycles. The van der Waals surface area contributed by atoms with E-state index in [1.165, 1.54) is 53.7 Å². The van der Waals surface area contributed by atoms with Crippen molar-refractivity contribution < 1.29 is 18.3 Å². The fourth-order valence-electron chi connectivity index (χ4n) is 3.25. The molecule has 0 atom stereocenters. The Kier molecular flexibility index (Phi) is 7.09. The van der Waals surface area contributed by atoms with Gasteiger partial charge in [-0.25, -0.2) is 8.78 Å². The number of amides is 1. The van der Waals surface area contributed by atoms with Crippen LogP contribution in [0.4, 0.5) is 14.5 Å². The Labute approximate surface area is 184 Å². The highest BCUT2D eigenvalue weighted by Crippen LogP contribution is 2.44. The Bertz CT molecular complexity index is 985. The third kappa shape index (κ3) is 5.16. The van der Waals surface area contributed by atoms with Gasteiger partial charge in [0.05, 0.1) is 16.4 Å². The lowest BCUT2D eigenvalue weighted by Gasteiger charge is -2.33. The van der Waals surface area contributed by atoms with Crippen molar-refractivity contribution in [3.8, 4) is 0 Å². The van der Waals surface area contributed by atoms with Crippen LogP contribution < -0.4 is 5.32 Å². The SMILES string of the molecule is CCOC(=C1CCC1)C(C)(C)Sc1cc(C(=O)Nc2ccc(F)c(Cl)c2)ccc1F. The van der Waals surface area contributed by atoms with Crippen molar-refractivity contribution in [1.82, 2.24) is 0 Å². The molecule has 0 heterocycles. The number of carbonyl (C=O) groups is 1. The predicted molar refractivity (Wildman–Crippen MR) is 118 cm³/mol. The molecular formula is C23H24ClF2NO2S. The van der Waals surface area contributed by atoms with E-state index in [1.807, 2.05) is 20.8 Å². The van der Waals surface area contributed by atoms with E-state index in [0.717, 1.165) is 25.0 Å². The largest absolute Gasteiger partial charge is 0.497 e. The summed E-state index contributed by atoms with van der Waals surface area (Å²) in [5.74, 6) is -0.497. The van der Waals surface area contributed by atoms with E-state index in [9.17, 15) is 13.6 Å². The number of ether oxygens (including phenoxy) is 1. The predicted octanol–water partition coefficient (Wildman–Crippen LogP) is 7.22. The second-order valence-corrected chi connectivity index (χ2v) is 9.63. The number of hydrogen-bond acceptors (Lipinski definition) is 3. The number of anilines is 1. The molecule has 0 radical (unpaired) electrons. The first-order valence-corrected chi connectivity index (χ1v) is 11.0. The molecule has 0 aromatic heterocycles. The summed E-state index contributed by atoms with van der Waals surface area (Å²) in [6, 6.07) is 8.15. The van der Waals surface area contributed by atoms with Gasteiger partial charge in [-0.3, -0.25) is 4.79 Å². The summed E-state index contributed by atoms with van der Waals surface area (Å²) >= 11 is 7.10. The highest BCUT2D eigenvalue weighted by Gasteiger charge is 2.32. The highest BCUT2D eigenvalue weighted by molar-refractivity contribution is 8.00. The number of carbonyl (C=O) groups excluding carboxylic acids is 1. The molecular weight excluding hydrogens is 428 g/mol. The lowest BCUT2D eigenvalue weighted by molar-refractivity contribution is 0.102. The molecule has 1 N–H and O–H groups in total. The van der Waals surface area contributed by atoms with Crippen molar-refractivity contribution >= 4 is 35.0 Å². The smallest absolute Gasteiger partial charge is 0.255 e. The fourth-order valence-corrected chi connectivity index (χ4v) is 4.63. The molecule has 160 valence electrons. The standard InChI is InChI=1S/C23H24ClF2NO2S/c1-4-29-21(14-6-5-7-14)23(2,3)30-20-12-15(8-10-19(20)26)22(28)27-16-9-11-18(25)17(24)13-16/h8-13H,4-7H2,1-3H3,(H,27,28). The Morgan fingerprint density at radius 2 is 1.87 bits per heavy atom. The van der Waals surface area contributed by atoms with Gasteiger partial charge in [-0.05, 0) is 82.0 Å². The van der Waals surface area contributed by atoms with Gasteiger partial charge in [0.15, 0.2) is 0 Å². The summed E-state index contributed by atoms with van der Waals surface area (Å²) in [6.45, 7) is 6.49. The van der Waals surface area contributed by atoms with Crippen molar-refractivity contribution in [1.29, 1.82) is 0 Å². The molecule has 3 rings (SSSR count). The molecule has 0 saturated heterocycles. The van der Waals surface area contributed by atoms with Gasteiger partial charge in [-0.1, -0.05) is 11.6 Å². The van der Waals surface area contributed by atoms with Crippen molar-refractivity contribution in [2.75, 3.05) is 11.9 Å². The Morgan fingerprint density at radius 3 is 2.47 bits per heavy atom. The van der Waals surface area contributed by atoms with E-state index in [0.29, 0.717) is 22.8 Å². The topological polar surface area (TPSA) is 38.3 Å². The lowest BCUT2D eigenvalue weighted by atomic mass is 9.88. The molecule has 3 nitrogen and oxygen atoms in total. The lowest BCUT2D eigenvalue weighted by Crippen LogP contribution is -2.24. The zero-order chi connectivity index (χ0) is 21.9. The van der Waals surface area contributed by atoms with Gasteiger partial charge >= 0.3 is 0 Å². The van der Waals surface area contributed by atoms with Gasteiger partial charge in [0.25, 0.3) is 5.91 Å². The van der Waals surface area contributed by atoms with Crippen LogP contribution in [0.15, 0.2) is 52.6 Å². The molecule has 1 aliphatic rings. The van der Waals surface area contributed by atoms with Gasteiger partial charge in [0.1, 0.15) is 17.4 Å². The first-order valence-electron chi connectivity index (χ1n) is 9.81. The number of halogens is 3. The molecule has 30 heavy (non-hydrogen) atoms. The molecule has 2 aromatic carbocycles. The Hall–Kier alpha value is -2.05. The normalized spacial score (nSPS) is 13.6. The van der Waals surface area contributed by atoms with Crippen LogP contribution in [0.1, 0.15) is 50.4 Å². The van der Waals surface area contributed by atoms with Crippen molar-refractivity contribution in [2.45, 2.75) is 49.7 Å². The van der Waals surface area contributed by atoms with Crippen LogP contribution >= 0.6 is 23.4 Å². The van der Waals surface area contributed by atoms with Gasteiger partial charge in [0, 0.05) is 16.1 Å². The van der Waals surface area contributed by atoms with Crippen LogP contribution in [0.5, 0.6) is 0 Å². The monoisotopic (exact) mass is 451 g/mol. The average Bonchev–Trinajstić information content (AvgIpc) is 2.64. The van der Waals surface area contributed by atoms with Crippen molar-refractivity contribution in [3.05, 3.63) is 70.0 Å². The summed E-state index contributed by atoms with van der Waals surface area (Å²) in [5, 5.41) is 2.57. The van der Waals surface area contributed by atoms with Crippen LogP contribution in [0.2, 0.25) is 5.02 Å². The van der Waals surface area contributed by atoms with Gasteiger partial charge in [-0.2, -0.15) is 0 Å². The fraction of sp³-hybridized carbons (Fsp3) is 0.348. The maximum atomic E-state index is 14.6. The number of benzene rings is 2. The zero-order valence-electron chi connectivity index (χ0n) is 17.2. The van der Waals surface area contributed by atoms with Crippen LogP contribution in [0, 0.1) is 11.6 Å². The quantitative estimate of drug-likeness (QED) is 0.357. The number of thioether (sulfide) groups is 1. The molecule has 1 aliphatic carbocycles. The van der Waals surface area contributed by atoms with Crippen molar-refractivity contribution in [2.24, 2.45) is 0 Å². The number of hydrogen-bond donors (Lipinski definition) is 1. The second kappa shape index (κ2) is 9.40. The van der Waals surface area contributed by atoms with E-state index in [-0.39, 0.29) is 5.02 Å². The minimum absolute atomic E-state index is 0.0858. The third-order valence-corrected chi connectivity index (χ3v) is 6.37. The van der Waals surface area contributed by atoms with E-state index in [2.05, 4.69) is 5.32 Å². The van der Waals surface area contributed by atoms with E-state index in [1.54, 1.807) is 0 Å². The maximum absolute atomic E-state index is 14.6. The number of rotatable bonds is 7. The molecule has 2 aromatic rings. The van der Waals surface area contributed by atoms with Crippen LogP contribution in [-0.4, -0.2) is 17.3 Å². The first-order chi connectivity index (χ1) is 14.2. The summed E-state index contributed by atoms with van der Waals surface area (Å²) < 4.78 is 33.3. The second-order valence-electron chi connectivity index (χ2n) is 7.56. The van der Waals surface area contributed by atoms with Crippen LogP contribution in [0.25, 0.3) is 0 Å². The minimum Gasteiger partial charge on any atom is -0.497 e. The maximum Gasteiger partial charge on any atom is 0.255 e. The third-order valence-electron chi connectivity index (χ3n) is 4.85. The average molecular weight is 452 g/mol. The number of allylic oxidation sites excluding steroid dienone is 1.